The van der Waals surface area contributed by atoms with E-state index in [0.29, 0.717) is 41.9 Å². The van der Waals surface area contributed by atoms with Crippen molar-refractivity contribution < 1.29 is 23.8 Å². The minimum atomic E-state index is -0.377. The van der Waals surface area contributed by atoms with Gasteiger partial charge in [-0.25, -0.2) is 4.79 Å². The number of benzene rings is 2. The van der Waals surface area contributed by atoms with E-state index in [-0.39, 0.29) is 30.6 Å². The van der Waals surface area contributed by atoms with Crippen LogP contribution >= 0.6 is 11.6 Å². The lowest BCUT2D eigenvalue weighted by Gasteiger charge is -2.38. The molecule has 2 fully saturated rings. The number of likely N-dealkylation sites (tertiary alicyclic amines) is 2. The van der Waals surface area contributed by atoms with Crippen LogP contribution in [0.4, 0.5) is 10.5 Å². The van der Waals surface area contributed by atoms with E-state index in [9.17, 15) is 9.59 Å². The van der Waals surface area contributed by atoms with Crippen LogP contribution in [0.1, 0.15) is 18.4 Å². The summed E-state index contributed by atoms with van der Waals surface area (Å²) in [5.74, 6) is 1.56. The maximum atomic E-state index is 13.1. The fraction of sp³-hybridized carbons (Fsp3) is 0.500. The van der Waals surface area contributed by atoms with Crippen molar-refractivity contribution in [2.45, 2.75) is 31.3 Å². The SMILES string of the molecule is COc1cc(NC(=O)N[C@H]2CN(CC(N)=O)C[C@@H]2N2CCC(Cc3ccc(Cl)cc3)CC2)cc(OC)c1OC. The summed E-state index contributed by atoms with van der Waals surface area (Å²) in [4.78, 5) is 29.2. The van der Waals surface area contributed by atoms with Gasteiger partial charge in [-0.15, -0.1) is 0 Å². The molecule has 4 rings (SSSR count). The summed E-state index contributed by atoms with van der Waals surface area (Å²) < 4.78 is 16.2. The van der Waals surface area contributed by atoms with Crippen molar-refractivity contribution in [3.63, 3.8) is 0 Å². The minimum Gasteiger partial charge on any atom is -0.493 e. The molecule has 2 saturated heterocycles. The Labute approximate surface area is 234 Å². The standard InChI is InChI=1S/C28H38ClN5O5/c1-37-24-13-21(14-25(38-2)27(24)39-3)31-28(36)32-22-15-33(17-26(30)35)16-23(22)34-10-8-19(9-11-34)12-18-4-6-20(29)7-5-18/h4-7,13-14,19,22-23H,8-12,15-17H2,1-3H3,(H2,30,35)(H2,31,32,36)/t22-,23-/m0/s1. The Morgan fingerprint density at radius 2 is 1.64 bits per heavy atom. The number of hydrogen-bond acceptors (Lipinski definition) is 7. The summed E-state index contributed by atoms with van der Waals surface area (Å²) in [6, 6.07) is 11.0. The third kappa shape index (κ3) is 7.46. The van der Waals surface area contributed by atoms with Gasteiger partial charge in [-0.2, -0.15) is 0 Å². The lowest BCUT2D eigenvalue weighted by Crippen LogP contribution is -2.54. The van der Waals surface area contributed by atoms with Crippen LogP contribution in [0.5, 0.6) is 17.2 Å². The second kappa shape index (κ2) is 13.2. The molecule has 2 aliphatic rings. The Morgan fingerprint density at radius 1 is 1.00 bits per heavy atom. The molecule has 11 heteroatoms. The first kappa shape index (κ1) is 28.8. The van der Waals surface area contributed by atoms with Gasteiger partial charge >= 0.3 is 6.03 Å². The van der Waals surface area contributed by atoms with Crippen molar-refractivity contribution in [1.29, 1.82) is 0 Å². The Bertz CT molecular complexity index is 1110. The van der Waals surface area contributed by atoms with Gasteiger partial charge < -0.3 is 30.6 Å². The zero-order chi connectivity index (χ0) is 27.9. The summed E-state index contributed by atoms with van der Waals surface area (Å²) in [5, 5.41) is 6.76. The van der Waals surface area contributed by atoms with Gasteiger partial charge in [0.25, 0.3) is 0 Å². The number of piperidine rings is 1. The monoisotopic (exact) mass is 559 g/mol. The van der Waals surface area contributed by atoms with Crippen molar-refractivity contribution in [2.24, 2.45) is 11.7 Å². The van der Waals surface area contributed by atoms with E-state index < -0.39 is 0 Å². The molecule has 212 valence electrons. The van der Waals surface area contributed by atoms with Crippen LogP contribution in [-0.2, 0) is 11.2 Å². The van der Waals surface area contributed by atoms with Crippen LogP contribution in [0.25, 0.3) is 0 Å². The number of nitrogens with zero attached hydrogens (tertiary/aromatic N) is 2. The second-order valence-electron chi connectivity index (χ2n) is 10.2. The fourth-order valence-corrected chi connectivity index (χ4v) is 5.78. The van der Waals surface area contributed by atoms with Gasteiger partial charge in [0.15, 0.2) is 11.5 Å². The largest absolute Gasteiger partial charge is 0.493 e. The summed E-state index contributed by atoms with van der Waals surface area (Å²) >= 11 is 6.03. The Balaban J connectivity index is 1.39. The highest BCUT2D eigenvalue weighted by Gasteiger charge is 2.39. The number of urea groups is 1. The predicted molar refractivity (Wildman–Crippen MR) is 151 cm³/mol. The number of anilines is 1. The zero-order valence-electron chi connectivity index (χ0n) is 22.7. The Hall–Kier alpha value is -3.21. The molecule has 2 aliphatic heterocycles. The van der Waals surface area contributed by atoms with E-state index in [1.165, 1.54) is 26.9 Å². The summed E-state index contributed by atoms with van der Waals surface area (Å²) in [5.41, 5.74) is 7.30. The molecule has 39 heavy (non-hydrogen) atoms. The average Bonchev–Trinajstić information content (AvgIpc) is 3.30. The quantitative estimate of drug-likeness (QED) is 0.409. The number of nitrogens with two attached hydrogens (primary N) is 1. The van der Waals surface area contributed by atoms with Crippen LogP contribution in [0.2, 0.25) is 5.02 Å². The fourth-order valence-electron chi connectivity index (χ4n) is 5.66. The highest BCUT2D eigenvalue weighted by Crippen LogP contribution is 2.40. The van der Waals surface area contributed by atoms with Crippen molar-refractivity contribution in [1.82, 2.24) is 15.1 Å². The minimum absolute atomic E-state index is 0.0755. The van der Waals surface area contributed by atoms with E-state index in [0.717, 1.165) is 37.4 Å². The van der Waals surface area contributed by atoms with E-state index in [2.05, 4.69) is 27.7 Å². The summed E-state index contributed by atoms with van der Waals surface area (Å²) in [6.45, 7) is 3.23. The van der Waals surface area contributed by atoms with Gasteiger partial charge in [0.05, 0.1) is 39.6 Å². The molecule has 0 aromatic heterocycles. The second-order valence-corrected chi connectivity index (χ2v) is 10.6. The highest BCUT2D eigenvalue weighted by molar-refractivity contribution is 6.30. The molecule has 0 radical (unpaired) electrons. The number of nitrogens with one attached hydrogen (secondary N) is 2. The molecular formula is C28H38ClN5O5. The molecule has 0 unspecified atom stereocenters. The maximum absolute atomic E-state index is 13.1. The summed E-state index contributed by atoms with van der Waals surface area (Å²) in [6.07, 6.45) is 3.17. The molecule has 0 bridgehead atoms. The maximum Gasteiger partial charge on any atom is 0.319 e. The first-order valence-corrected chi connectivity index (χ1v) is 13.5. The Morgan fingerprint density at radius 3 is 2.21 bits per heavy atom. The number of rotatable bonds is 10. The highest BCUT2D eigenvalue weighted by atomic mass is 35.5. The molecule has 2 atom stereocenters. The lowest BCUT2D eigenvalue weighted by molar-refractivity contribution is -0.118. The van der Waals surface area contributed by atoms with E-state index >= 15 is 0 Å². The number of carbonyl (C=O) groups is 2. The molecule has 2 aromatic carbocycles. The number of amides is 3. The smallest absolute Gasteiger partial charge is 0.319 e. The molecular weight excluding hydrogens is 522 g/mol. The number of primary amides is 1. The van der Waals surface area contributed by atoms with Crippen molar-refractivity contribution >= 4 is 29.2 Å². The Kier molecular flexibility index (Phi) is 9.77. The van der Waals surface area contributed by atoms with Crippen LogP contribution in [-0.4, -0.2) is 87.9 Å². The molecule has 10 nitrogen and oxygen atoms in total. The third-order valence-corrected chi connectivity index (χ3v) is 7.79. The molecule has 2 heterocycles. The zero-order valence-corrected chi connectivity index (χ0v) is 23.5. The van der Waals surface area contributed by atoms with Gasteiger partial charge in [0.2, 0.25) is 11.7 Å². The van der Waals surface area contributed by atoms with Crippen LogP contribution in [0, 0.1) is 5.92 Å². The van der Waals surface area contributed by atoms with Crippen molar-refractivity contribution in [3.8, 4) is 17.2 Å². The first-order chi connectivity index (χ1) is 18.8. The van der Waals surface area contributed by atoms with E-state index in [4.69, 9.17) is 31.5 Å². The van der Waals surface area contributed by atoms with Crippen molar-refractivity contribution in [3.05, 3.63) is 47.0 Å². The van der Waals surface area contributed by atoms with Crippen LogP contribution in [0.15, 0.2) is 36.4 Å². The van der Waals surface area contributed by atoms with Gasteiger partial charge in [0.1, 0.15) is 0 Å². The molecule has 3 amide bonds. The molecule has 0 spiro atoms. The molecule has 0 aliphatic carbocycles. The molecule has 2 aromatic rings. The van der Waals surface area contributed by atoms with Gasteiger partial charge in [-0.05, 0) is 56.0 Å². The topological polar surface area (TPSA) is 118 Å². The van der Waals surface area contributed by atoms with E-state index in [1.54, 1.807) is 12.1 Å². The van der Waals surface area contributed by atoms with Crippen molar-refractivity contribution in [2.75, 3.05) is 59.4 Å². The number of carbonyl (C=O) groups excluding carboxylic acids is 2. The number of ether oxygens (including phenoxy) is 3. The van der Waals surface area contributed by atoms with Crippen LogP contribution in [0.3, 0.4) is 0 Å². The number of methoxy groups -OCH3 is 3. The number of halogens is 1. The third-order valence-electron chi connectivity index (χ3n) is 7.54. The van der Waals surface area contributed by atoms with Gasteiger partial charge in [-0.1, -0.05) is 23.7 Å². The summed E-state index contributed by atoms with van der Waals surface area (Å²) in [7, 11) is 4.57. The lowest BCUT2D eigenvalue weighted by atomic mass is 9.89. The number of hydrogen-bond donors (Lipinski definition) is 3. The first-order valence-electron chi connectivity index (χ1n) is 13.2. The van der Waals surface area contributed by atoms with Gasteiger partial charge in [0, 0.05) is 36.3 Å². The average molecular weight is 560 g/mol. The molecule has 0 saturated carbocycles. The van der Waals surface area contributed by atoms with Gasteiger partial charge in [-0.3, -0.25) is 14.6 Å². The van der Waals surface area contributed by atoms with E-state index in [1.807, 2.05) is 17.0 Å². The predicted octanol–water partition coefficient (Wildman–Crippen LogP) is 2.98. The molecule has 4 N–H and O–H groups in total. The normalized spacial score (nSPS) is 20.4. The van der Waals surface area contributed by atoms with Crippen LogP contribution < -0.4 is 30.6 Å².